The number of pyridine rings is 2. The van der Waals surface area contributed by atoms with Gasteiger partial charge in [0.25, 0.3) is 0 Å². The maximum Gasteiger partial charge on any atom is 0.306 e. The Morgan fingerprint density at radius 2 is 1.68 bits per heavy atom. The Kier molecular flexibility index (Phi) is 7.56. The fourth-order valence-corrected chi connectivity index (χ4v) is 6.93. The number of aliphatic carboxylic acids is 1. The summed E-state index contributed by atoms with van der Waals surface area (Å²) in [5.41, 5.74) is 11.4. The maximum atomic E-state index is 14.7. The van der Waals surface area contributed by atoms with Gasteiger partial charge < -0.3 is 15.7 Å². The van der Waals surface area contributed by atoms with Gasteiger partial charge in [0.1, 0.15) is 17.2 Å². The Morgan fingerprint density at radius 3 is 2.43 bits per heavy atom. The quantitative estimate of drug-likeness (QED) is 0.221. The lowest BCUT2D eigenvalue weighted by Gasteiger charge is -2.29. The van der Waals surface area contributed by atoms with Crippen LogP contribution < -0.4 is 5.73 Å². The van der Waals surface area contributed by atoms with Gasteiger partial charge in [0, 0.05) is 30.5 Å². The Labute approximate surface area is 255 Å². The summed E-state index contributed by atoms with van der Waals surface area (Å²) in [6, 6.07) is 22.6. The lowest BCUT2D eigenvalue weighted by molar-refractivity contribution is -0.143. The van der Waals surface area contributed by atoms with Crippen LogP contribution in [0.3, 0.4) is 0 Å². The summed E-state index contributed by atoms with van der Waals surface area (Å²) in [6.45, 7) is 3.12. The molecule has 8 nitrogen and oxygen atoms in total. The Balaban J connectivity index is 1.17. The molecule has 0 spiro atoms. The number of nitrogens with two attached hydrogens (primary N) is 1. The molecular weight excluding hydrogens is 555 g/mol. The highest BCUT2D eigenvalue weighted by Gasteiger charge is 2.30. The Bertz CT molecular complexity index is 1810. The van der Waals surface area contributed by atoms with Gasteiger partial charge in [-0.2, -0.15) is 0 Å². The molecule has 4 heterocycles. The van der Waals surface area contributed by atoms with Crippen molar-refractivity contribution in [3.63, 3.8) is 0 Å². The van der Waals surface area contributed by atoms with Crippen molar-refractivity contribution < 1.29 is 14.3 Å². The van der Waals surface area contributed by atoms with E-state index in [1.54, 1.807) is 30.5 Å². The van der Waals surface area contributed by atoms with Crippen LogP contribution in [0.4, 0.5) is 10.2 Å². The number of hydrogen-bond acceptors (Lipinski definition) is 6. The van der Waals surface area contributed by atoms with Crippen LogP contribution in [-0.4, -0.2) is 55.1 Å². The molecule has 2 fully saturated rings. The predicted molar refractivity (Wildman–Crippen MR) is 169 cm³/mol. The van der Waals surface area contributed by atoms with Gasteiger partial charge in [0.05, 0.1) is 17.2 Å². The molecule has 1 aliphatic carbocycles. The summed E-state index contributed by atoms with van der Waals surface area (Å²) in [7, 11) is 0. The molecule has 3 aromatic heterocycles. The number of likely N-dealkylation sites (tertiary alicyclic amines) is 1. The number of hydrogen-bond donors (Lipinski definition) is 2. The van der Waals surface area contributed by atoms with E-state index in [0.29, 0.717) is 51.5 Å². The molecule has 44 heavy (non-hydrogen) atoms. The highest BCUT2D eigenvalue weighted by atomic mass is 19.1. The standard InChI is InChI=1S/C35H35FN6O2/c36-29-6-2-1-4-27(29)30-15-16-31-34(39-30)42(33(40-31)28-5-3-18-38-32(28)37)26-13-11-23(12-14-26)25-17-19-41(21-25)20-22-7-9-24(10-8-22)35(43)44/h1-6,11-16,18,22,24-25H,7-10,17,19-21H2,(H2,37,38)(H,43,44)/t22?,24?,25-/m1/s1. The molecule has 0 unspecified atom stereocenters. The number of carboxylic acids is 1. The van der Waals surface area contributed by atoms with Gasteiger partial charge in [-0.1, -0.05) is 24.3 Å². The summed E-state index contributed by atoms with van der Waals surface area (Å²) in [6.07, 6.45) is 6.35. The summed E-state index contributed by atoms with van der Waals surface area (Å²) in [5.74, 6) is 0.887. The van der Waals surface area contributed by atoms with Gasteiger partial charge >= 0.3 is 5.97 Å². The van der Waals surface area contributed by atoms with Crippen molar-refractivity contribution in [3.05, 3.63) is 90.4 Å². The third-order valence-electron chi connectivity index (χ3n) is 9.34. The van der Waals surface area contributed by atoms with Gasteiger partial charge in [-0.05, 0) is 105 Å². The second-order valence-corrected chi connectivity index (χ2v) is 12.1. The smallest absolute Gasteiger partial charge is 0.306 e. The van der Waals surface area contributed by atoms with Gasteiger partial charge in [0.15, 0.2) is 11.5 Å². The van der Waals surface area contributed by atoms with Gasteiger partial charge in [0.2, 0.25) is 0 Å². The molecule has 1 saturated heterocycles. The van der Waals surface area contributed by atoms with Gasteiger partial charge in [-0.3, -0.25) is 9.36 Å². The average Bonchev–Trinajstić information content (AvgIpc) is 3.66. The average molecular weight is 591 g/mol. The monoisotopic (exact) mass is 590 g/mol. The number of anilines is 1. The molecule has 2 aromatic carbocycles. The van der Waals surface area contributed by atoms with Crippen LogP contribution in [0, 0.1) is 17.7 Å². The summed E-state index contributed by atoms with van der Waals surface area (Å²) >= 11 is 0. The van der Waals surface area contributed by atoms with E-state index in [-0.39, 0.29) is 11.7 Å². The van der Waals surface area contributed by atoms with Crippen LogP contribution in [0.25, 0.3) is 39.5 Å². The number of carbonyl (C=O) groups is 1. The van der Waals surface area contributed by atoms with Crippen molar-refractivity contribution in [2.75, 3.05) is 25.4 Å². The summed E-state index contributed by atoms with van der Waals surface area (Å²) < 4.78 is 16.7. The molecule has 0 amide bonds. The predicted octanol–water partition coefficient (Wildman–Crippen LogP) is 6.55. The molecule has 0 bridgehead atoms. The zero-order valence-electron chi connectivity index (χ0n) is 24.4. The minimum absolute atomic E-state index is 0.167. The topological polar surface area (TPSA) is 110 Å². The van der Waals surface area contributed by atoms with E-state index in [0.717, 1.165) is 57.4 Å². The first kappa shape index (κ1) is 28.2. The van der Waals surface area contributed by atoms with E-state index < -0.39 is 5.97 Å². The number of nitrogen functional groups attached to an aromatic ring is 1. The number of rotatable bonds is 7. The molecule has 1 atom stereocenters. The van der Waals surface area contributed by atoms with E-state index in [1.165, 1.54) is 11.6 Å². The molecule has 1 aliphatic heterocycles. The molecule has 0 radical (unpaired) electrons. The second kappa shape index (κ2) is 11.8. The molecule has 224 valence electrons. The number of carboxylic acid groups (broad SMARTS) is 1. The minimum Gasteiger partial charge on any atom is -0.481 e. The SMILES string of the molecule is Nc1ncccc1-c1nc2ccc(-c3ccccc3F)nc2n1-c1ccc([C@@H]2CCN(CC3CCC(C(=O)O)CC3)C2)cc1. The Hall–Kier alpha value is -4.63. The number of imidazole rings is 1. The maximum absolute atomic E-state index is 14.7. The van der Waals surface area contributed by atoms with E-state index in [2.05, 4.69) is 34.1 Å². The first-order chi connectivity index (χ1) is 21.4. The van der Waals surface area contributed by atoms with Crippen LogP contribution in [0.1, 0.15) is 43.6 Å². The zero-order chi connectivity index (χ0) is 30.2. The van der Waals surface area contributed by atoms with Crippen LogP contribution in [0.15, 0.2) is 79.0 Å². The molecular formula is C35H35FN6O2. The largest absolute Gasteiger partial charge is 0.481 e. The lowest BCUT2D eigenvalue weighted by Crippen LogP contribution is -2.31. The first-order valence-electron chi connectivity index (χ1n) is 15.4. The molecule has 7 rings (SSSR count). The summed E-state index contributed by atoms with van der Waals surface area (Å²) in [4.78, 5) is 28.0. The molecule has 2 aliphatic rings. The normalized spacial score (nSPS) is 20.7. The minimum atomic E-state index is -0.644. The number of halogens is 1. The van der Waals surface area contributed by atoms with Gasteiger partial charge in [-0.25, -0.2) is 19.3 Å². The van der Waals surface area contributed by atoms with Crippen molar-refractivity contribution in [2.45, 2.75) is 38.0 Å². The van der Waals surface area contributed by atoms with Crippen LogP contribution in [-0.2, 0) is 4.79 Å². The zero-order valence-corrected chi connectivity index (χ0v) is 24.4. The van der Waals surface area contributed by atoms with E-state index >= 15 is 0 Å². The van der Waals surface area contributed by atoms with Crippen molar-refractivity contribution in [1.29, 1.82) is 0 Å². The highest BCUT2D eigenvalue weighted by molar-refractivity contribution is 5.84. The lowest BCUT2D eigenvalue weighted by atomic mass is 9.82. The van der Waals surface area contributed by atoms with Crippen molar-refractivity contribution in [1.82, 2.24) is 24.4 Å². The van der Waals surface area contributed by atoms with Crippen molar-refractivity contribution in [3.8, 4) is 28.3 Å². The fraction of sp³-hybridized carbons (Fsp3) is 0.314. The third-order valence-corrected chi connectivity index (χ3v) is 9.34. The van der Waals surface area contributed by atoms with E-state index in [9.17, 15) is 14.3 Å². The van der Waals surface area contributed by atoms with Crippen LogP contribution in [0.2, 0.25) is 0 Å². The van der Waals surface area contributed by atoms with Crippen molar-refractivity contribution in [2.24, 2.45) is 11.8 Å². The van der Waals surface area contributed by atoms with Crippen molar-refractivity contribution >= 4 is 23.0 Å². The second-order valence-electron chi connectivity index (χ2n) is 12.1. The highest BCUT2D eigenvalue weighted by Crippen LogP contribution is 2.35. The third kappa shape index (κ3) is 5.43. The van der Waals surface area contributed by atoms with E-state index in [1.807, 2.05) is 22.8 Å². The number of fused-ring (bicyclic) bond motifs is 1. The molecule has 1 saturated carbocycles. The first-order valence-corrected chi connectivity index (χ1v) is 15.4. The number of aromatic nitrogens is 4. The van der Waals surface area contributed by atoms with Gasteiger partial charge in [-0.15, -0.1) is 0 Å². The van der Waals surface area contributed by atoms with Crippen LogP contribution >= 0.6 is 0 Å². The number of benzene rings is 2. The summed E-state index contributed by atoms with van der Waals surface area (Å²) in [5, 5.41) is 9.32. The van der Waals surface area contributed by atoms with Crippen LogP contribution in [0.5, 0.6) is 0 Å². The molecule has 3 N–H and O–H groups in total. The number of nitrogens with zero attached hydrogens (tertiary/aromatic N) is 5. The fourth-order valence-electron chi connectivity index (χ4n) is 6.93. The molecule has 5 aromatic rings. The Morgan fingerprint density at radius 1 is 0.909 bits per heavy atom. The molecule has 9 heteroatoms. The van der Waals surface area contributed by atoms with E-state index in [4.69, 9.17) is 15.7 Å².